The van der Waals surface area contributed by atoms with Crippen LogP contribution in [0.1, 0.15) is 65.2 Å². The molecule has 0 aromatic carbocycles. The van der Waals surface area contributed by atoms with Crippen LogP contribution >= 0.6 is 0 Å². The fraction of sp³-hybridized carbons (Fsp3) is 1.00. The van der Waals surface area contributed by atoms with Crippen LogP contribution in [-0.4, -0.2) is 10.7 Å². The minimum absolute atomic E-state index is 0.375. The normalized spacial score (nSPS) is 22.4. The van der Waals surface area contributed by atoms with Crippen LogP contribution < -0.4 is 0 Å². The Morgan fingerprint density at radius 1 is 1.31 bits per heavy atom. The summed E-state index contributed by atoms with van der Waals surface area (Å²) in [5.41, 5.74) is -0.375. The van der Waals surface area contributed by atoms with E-state index in [1.54, 1.807) is 0 Å². The Bertz CT molecular complexity index is 136. The van der Waals surface area contributed by atoms with Crippen LogP contribution in [0.4, 0.5) is 0 Å². The van der Waals surface area contributed by atoms with Gasteiger partial charge in [-0.05, 0) is 25.7 Å². The average molecular weight is 184 g/mol. The van der Waals surface area contributed by atoms with Crippen LogP contribution in [0.5, 0.6) is 0 Å². The molecular formula is C12H24O. The Morgan fingerprint density at radius 3 is 2.46 bits per heavy atom. The molecule has 0 spiro atoms. The van der Waals surface area contributed by atoms with Crippen LogP contribution in [0.25, 0.3) is 0 Å². The predicted molar refractivity (Wildman–Crippen MR) is 56.7 cm³/mol. The summed E-state index contributed by atoms with van der Waals surface area (Å²) in [4.78, 5) is 0. The minimum atomic E-state index is -0.375. The maximum absolute atomic E-state index is 10.1. The summed E-state index contributed by atoms with van der Waals surface area (Å²) in [5.74, 6) is 0.830. The van der Waals surface area contributed by atoms with E-state index in [4.69, 9.17) is 0 Å². The number of unbranched alkanes of at least 4 members (excludes halogenated alkanes) is 2. The highest BCUT2D eigenvalue weighted by molar-refractivity contribution is 4.80. The monoisotopic (exact) mass is 184 g/mol. The van der Waals surface area contributed by atoms with Crippen molar-refractivity contribution in [1.82, 2.24) is 0 Å². The molecule has 1 aliphatic rings. The number of aliphatic hydroxyl groups is 1. The van der Waals surface area contributed by atoms with E-state index in [0.717, 1.165) is 18.8 Å². The molecule has 1 heteroatoms. The van der Waals surface area contributed by atoms with E-state index < -0.39 is 0 Å². The van der Waals surface area contributed by atoms with Crippen LogP contribution in [-0.2, 0) is 0 Å². The van der Waals surface area contributed by atoms with Gasteiger partial charge in [-0.3, -0.25) is 0 Å². The van der Waals surface area contributed by atoms with Gasteiger partial charge in [0.1, 0.15) is 0 Å². The number of hydrogen-bond donors (Lipinski definition) is 1. The van der Waals surface area contributed by atoms with Gasteiger partial charge < -0.3 is 5.11 Å². The van der Waals surface area contributed by atoms with Crippen molar-refractivity contribution >= 4 is 0 Å². The molecule has 78 valence electrons. The van der Waals surface area contributed by atoms with Crippen molar-refractivity contribution in [3.63, 3.8) is 0 Å². The molecule has 1 saturated carbocycles. The summed E-state index contributed by atoms with van der Waals surface area (Å²) in [7, 11) is 0. The van der Waals surface area contributed by atoms with E-state index in [0.29, 0.717) is 0 Å². The highest BCUT2D eigenvalue weighted by Gasteiger charge is 2.28. The molecule has 1 unspecified atom stereocenters. The first-order valence-electron chi connectivity index (χ1n) is 5.86. The molecule has 1 aliphatic carbocycles. The van der Waals surface area contributed by atoms with Crippen molar-refractivity contribution in [3.05, 3.63) is 0 Å². The van der Waals surface area contributed by atoms with E-state index in [-0.39, 0.29) is 5.60 Å². The second-order valence-corrected chi connectivity index (χ2v) is 4.96. The lowest BCUT2D eigenvalue weighted by Crippen LogP contribution is -2.30. The molecule has 1 rings (SSSR count). The molecule has 0 radical (unpaired) electrons. The Hall–Kier alpha value is -0.0400. The third kappa shape index (κ3) is 4.12. The summed E-state index contributed by atoms with van der Waals surface area (Å²) >= 11 is 0. The Morgan fingerprint density at radius 2 is 2.00 bits per heavy atom. The maximum Gasteiger partial charge on any atom is 0.0622 e. The minimum Gasteiger partial charge on any atom is -0.390 e. The fourth-order valence-corrected chi connectivity index (χ4v) is 2.18. The van der Waals surface area contributed by atoms with E-state index in [2.05, 4.69) is 6.92 Å². The molecule has 1 atom stereocenters. The van der Waals surface area contributed by atoms with E-state index >= 15 is 0 Å². The molecule has 0 heterocycles. The van der Waals surface area contributed by atoms with Gasteiger partial charge in [0.25, 0.3) is 0 Å². The zero-order chi connectivity index (χ0) is 9.73. The van der Waals surface area contributed by atoms with Gasteiger partial charge in [-0.15, -0.1) is 0 Å². The smallest absolute Gasteiger partial charge is 0.0622 e. The molecule has 1 N–H and O–H groups in total. The fourth-order valence-electron chi connectivity index (χ4n) is 2.18. The second kappa shape index (κ2) is 4.99. The van der Waals surface area contributed by atoms with Crippen LogP contribution in [0, 0.1) is 5.92 Å². The first kappa shape index (κ1) is 11.0. The first-order valence-corrected chi connectivity index (χ1v) is 5.86. The van der Waals surface area contributed by atoms with Crippen molar-refractivity contribution in [2.75, 3.05) is 0 Å². The molecule has 0 aromatic rings. The van der Waals surface area contributed by atoms with Gasteiger partial charge in [0.2, 0.25) is 0 Å². The van der Waals surface area contributed by atoms with Crippen molar-refractivity contribution in [3.8, 4) is 0 Å². The van der Waals surface area contributed by atoms with E-state index in [9.17, 15) is 5.11 Å². The van der Waals surface area contributed by atoms with Crippen LogP contribution in [0.2, 0.25) is 0 Å². The quantitative estimate of drug-likeness (QED) is 0.626. The molecule has 1 fully saturated rings. The molecule has 0 saturated heterocycles. The largest absolute Gasteiger partial charge is 0.390 e. The summed E-state index contributed by atoms with van der Waals surface area (Å²) < 4.78 is 0. The lowest BCUT2D eigenvalue weighted by atomic mass is 9.76. The zero-order valence-electron chi connectivity index (χ0n) is 9.18. The average Bonchev–Trinajstić information content (AvgIpc) is 1.98. The Kier molecular flexibility index (Phi) is 4.24. The summed E-state index contributed by atoms with van der Waals surface area (Å²) in [6.45, 7) is 4.22. The molecular weight excluding hydrogens is 160 g/mol. The maximum atomic E-state index is 10.1. The Balaban J connectivity index is 2.11. The van der Waals surface area contributed by atoms with Gasteiger partial charge >= 0.3 is 0 Å². The summed E-state index contributed by atoms with van der Waals surface area (Å²) in [5, 5.41) is 10.1. The van der Waals surface area contributed by atoms with Crippen molar-refractivity contribution < 1.29 is 5.11 Å². The van der Waals surface area contributed by atoms with Crippen molar-refractivity contribution in [1.29, 1.82) is 0 Å². The molecule has 0 aliphatic heterocycles. The standard InChI is InChI=1S/C12H24O/c1-3-4-5-9-12(2,13)10-11-7-6-8-11/h11,13H,3-10H2,1-2H3. The second-order valence-electron chi connectivity index (χ2n) is 4.96. The SMILES string of the molecule is CCCCCC(C)(O)CC1CCC1. The van der Waals surface area contributed by atoms with E-state index in [1.807, 2.05) is 6.92 Å². The van der Waals surface area contributed by atoms with E-state index in [1.165, 1.54) is 38.5 Å². The topological polar surface area (TPSA) is 20.2 Å². The summed E-state index contributed by atoms with van der Waals surface area (Å²) in [6, 6.07) is 0. The van der Waals surface area contributed by atoms with Crippen LogP contribution in [0.3, 0.4) is 0 Å². The molecule has 1 nitrogen and oxygen atoms in total. The van der Waals surface area contributed by atoms with Crippen molar-refractivity contribution in [2.45, 2.75) is 70.8 Å². The van der Waals surface area contributed by atoms with Gasteiger partial charge in [0.15, 0.2) is 0 Å². The summed E-state index contributed by atoms with van der Waals surface area (Å²) in [6.07, 6.45) is 9.83. The van der Waals surface area contributed by atoms with Gasteiger partial charge in [-0.25, -0.2) is 0 Å². The first-order chi connectivity index (χ1) is 6.14. The highest BCUT2D eigenvalue weighted by atomic mass is 16.3. The third-order valence-corrected chi connectivity index (χ3v) is 3.27. The molecule has 13 heavy (non-hydrogen) atoms. The predicted octanol–water partition coefficient (Wildman–Crippen LogP) is 3.51. The van der Waals surface area contributed by atoms with Gasteiger partial charge in [0, 0.05) is 0 Å². The third-order valence-electron chi connectivity index (χ3n) is 3.27. The highest BCUT2D eigenvalue weighted by Crippen LogP contribution is 2.35. The Labute approximate surface area is 82.5 Å². The lowest BCUT2D eigenvalue weighted by Gasteiger charge is -2.33. The van der Waals surface area contributed by atoms with Crippen LogP contribution in [0.15, 0.2) is 0 Å². The lowest BCUT2D eigenvalue weighted by molar-refractivity contribution is 0.0104. The number of hydrogen-bond acceptors (Lipinski definition) is 1. The van der Waals surface area contributed by atoms with Gasteiger partial charge in [-0.2, -0.15) is 0 Å². The van der Waals surface area contributed by atoms with Gasteiger partial charge in [-0.1, -0.05) is 45.4 Å². The molecule has 0 bridgehead atoms. The molecule has 0 aromatic heterocycles. The van der Waals surface area contributed by atoms with Crippen molar-refractivity contribution in [2.24, 2.45) is 5.92 Å². The zero-order valence-corrected chi connectivity index (χ0v) is 9.18. The van der Waals surface area contributed by atoms with Gasteiger partial charge in [0.05, 0.1) is 5.60 Å². The molecule has 0 amide bonds. The number of rotatable bonds is 6.